The lowest BCUT2D eigenvalue weighted by atomic mass is 9.87. The molecule has 1 aliphatic heterocycles. The van der Waals surface area contributed by atoms with Crippen molar-refractivity contribution in [1.29, 1.82) is 0 Å². The van der Waals surface area contributed by atoms with E-state index >= 15 is 0 Å². The molecule has 1 aliphatic rings. The van der Waals surface area contributed by atoms with Crippen LogP contribution in [0.15, 0.2) is 73.3 Å². The molecule has 3 aromatic rings. The number of nitrogens with one attached hydrogen (secondary N) is 2. The number of anilines is 1. The zero-order valence-electron chi connectivity index (χ0n) is 20.6. The number of nitrogens with zero attached hydrogens (tertiary/aromatic N) is 3. The monoisotopic (exact) mass is 471 g/mol. The molecule has 3 heterocycles. The molecule has 0 radical (unpaired) electrons. The predicted octanol–water partition coefficient (Wildman–Crippen LogP) is 3.92. The summed E-state index contributed by atoms with van der Waals surface area (Å²) in [7, 11) is 0. The lowest BCUT2D eigenvalue weighted by molar-refractivity contribution is -0.127. The molecule has 1 aromatic carbocycles. The van der Waals surface area contributed by atoms with Gasteiger partial charge in [-0.25, -0.2) is 0 Å². The van der Waals surface area contributed by atoms with Gasteiger partial charge >= 0.3 is 0 Å². The Morgan fingerprint density at radius 3 is 2.40 bits per heavy atom. The van der Waals surface area contributed by atoms with Gasteiger partial charge in [-0.2, -0.15) is 0 Å². The number of amides is 2. The van der Waals surface area contributed by atoms with E-state index < -0.39 is 6.04 Å². The highest BCUT2D eigenvalue weighted by molar-refractivity contribution is 6.03. The fourth-order valence-corrected chi connectivity index (χ4v) is 4.33. The Hall–Kier alpha value is -3.58. The van der Waals surface area contributed by atoms with E-state index in [-0.39, 0.29) is 23.3 Å². The van der Waals surface area contributed by atoms with E-state index in [0.29, 0.717) is 17.8 Å². The second-order valence-electron chi connectivity index (χ2n) is 9.92. The van der Waals surface area contributed by atoms with Crippen LogP contribution in [0.1, 0.15) is 56.3 Å². The summed E-state index contributed by atoms with van der Waals surface area (Å²) >= 11 is 0. The lowest BCUT2D eigenvalue weighted by Crippen LogP contribution is -2.50. The summed E-state index contributed by atoms with van der Waals surface area (Å²) in [4.78, 5) is 37.5. The third-order valence-electron chi connectivity index (χ3n) is 6.33. The van der Waals surface area contributed by atoms with E-state index in [1.807, 2.05) is 42.5 Å². The first-order valence-electron chi connectivity index (χ1n) is 12.1. The average molecular weight is 472 g/mol. The molecule has 0 spiro atoms. The maximum Gasteiger partial charge on any atom is 0.248 e. The Morgan fingerprint density at radius 1 is 1.06 bits per heavy atom. The molecule has 2 atom stereocenters. The Bertz CT molecular complexity index is 1120. The highest BCUT2D eigenvalue weighted by atomic mass is 16.2. The van der Waals surface area contributed by atoms with E-state index in [1.54, 1.807) is 35.8 Å². The van der Waals surface area contributed by atoms with Crippen LogP contribution < -0.4 is 15.5 Å². The summed E-state index contributed by atoms with van der Waals surface area (Å²) in [5, 5.41) is 6.32. The van der Waals surface area contributed by atoms with Crippen LogP contribution in [0, 0.1) is 0 Å². The minimum Gasteiger partial charge on any atom is -0.350 e. The van der Waals surface area contributed by atoms with Crippen LogP contribution >= 0.6 is 0 Å². The SMILES string of the molecule is CC(C)(C)c1ccc(N(C(=O)[C@H]2CCCN2)C(C(=O)NCc2ccncc2)c2cccnc2)cc1. The molecule has 1 unspecified atom stereocenters. The van der Waals surface area contributed by atoms with Gasteiger partial charge in [0, 0.05) is 42.6 Å². The van der Waals surface area contributed by atoms with Crippen LogP contribution in [-0.4, -0.2) is 34.4 Å². The van der Waals surface area contributed by atoms with Gasteiger partial charge in [-0.05, 0) is 66.3 Å². The number of aromatic nitrogens is 2. The second kappa shape index (κ2) is 10.8. The van der Waals surface area contributed by atoms with Crippen LogP contribution in [0.2, 0.25) is 0 Å². The molecule has 0 saturated carbocycles. The van der Waals surface area contributed by atoms with Crippen molar-refractivity contribution < 1.29 is 9.59 Å². The van der Waals surface area contributed by atoms with Crippen molar-refractivity contribution in [1.82, 2.24) is 20.6 Å². The van der Waals surface area contributed by atoms with E-state index in [9.17, 15) is 9.59 Å². The number of benzene rings is 1. The summed E-state index contributed by atoms with van der Waals surface area (Å²) in [6, 6.07) is 14.1. The molecule has 2 amide bonds. The van der Waals surface area contributed by atoms with Gasteiger partial charge in [0.25, 0.3) is 0 Å². The highest BCUT2D eigenvalue weighted by Gasteiger charge is 2.37. The van der Waals surface area contributed by atoms with Gasteiger partial charge in [0.2, 0.25) is 11.8 Å². The van der Waals surface area contributed by atoms with Gasteiger partial charge in [0.05, 0.1) is 6.04 Å². The first kappa shape index (κ1) is 24.5. The number of hydrogen-bond donors (Lipinski definition) is 2. The van der Waals surface area contributed by atoms with Crippen molar-refractivity contribution >= 4 is 17.5 Å². The number of rotatable bonds is 7. The smallest absolute Gasteiger partial charge is 0.248 e. The molecule has 4 rings (SSSR count). The second-order valence-corrected chi connectivity index (χ2v) is 9.92. The standard InChI is InChI=1S/C28H33N5O2/c1-28(2,3)22-8-10-23(11-9-22)33(27(35)24-7-5-15-31-24)25(21-6-4-14-30-19-21)26(34)32-18-20-12-16-29-17-13-20/h4,6,8-14,16-17,19,24-25,31H,5,7,15,18H2,1-3H3,(H,32,34)/t24-,25?/m1/s1. The van der Waals surface area contributed by atoms with Crippen LogP contribution in [0.4, 0.5) is 5.69 Å². The number of carbonyl (C=O) groups excluding carboxylic acids is 2. The minimum atomic E-state index is -0.860. The zero-order chi connectivity index (χ0) is 24.8. The maximum atomic E-state index is 13.9. The summed E-state index contributed by atoms with van der Waals surface area (Å²) < 4.78 is 0. The molecular weight excluding hydrogens is 438 g/mol. The number of pyridine rings is 2. The predicted molar refractivity (Wildman–Crippen MR) is 137 cm³/mol. The Labute approximate surface area is 207 Å². The Kier molecular flexibility index (Phi) is 7.56. The maximum absolute atomic E-state index is 13.9. The van der Waals surface area contributed by atoms with Crippen LogP contribution in [0.3, 0.4) is 0 Å². The quantitative estimate of drug-likeness (QED) is 0.545. The van der Waals surface area contributed by atoms with Crippen molar-refractivity contribution in [3.8, 4) is 0 Å². The van der Waals surface area contributed by atoms with Crippen LogP contribution in [0.25, 0.3) is 0 Å². The van der Waals surface area contributed by atoms with Gasteiger partial charge < -0.3 is 10.6 Å². The number of hydrogen-bond acceptors (Lipinski definition) is 5. The van der Waals surface area contributed by atoms with Gasteiger partial charge in [0.15, 0.2) is 0 Å². The van der Waals surface area contributed by atoms with E-state index in [0.717, 1.165) is 30.5 Å². The third kappa shape index (κ3) is 5.92. The van der Waals surface area contributed by atoms with Crippen LogP contribution in [0.5, 0.6) is 0 Å². The third-order valence-corrected chi connectivity index (χ3v) is 6.33. The normalized spacial score (nSPS) is 16.5. The molecule has 0 bridgehead atoms. The van der Waals surface area contributed by atoms with Gasteiger partial charge in [0.1, 0.15) is 6.04 Å². The Morgan fingerprint density at radius 2 is 1.80 bits per heavy atom. The molecule has 35 heavy (non-hydrogen) atoms. The van der Waals surface area contributed by atoms with Crippen molar-refractivity contribution in [2.24, 2.45) is 0 Å². The molecule has 182 valence electrons. The molecule has 7 heteroatoms. The average Bonchev–Trinajstić information content (AvgIpc) is 3.41. The molecule has 2 N–H and O–H groups in total. The Balaban J connectivity index is 1.73. The fraction of sp³-hybridized carbons (Fsp3) is 0.357. The van der Waals surface area contributed by atoms with Crippen LogP contribution in [-0.2, 0) is 21.5 Å². The van der Waals surface area contributed by atoms with E-state index in [2.05, 4.69) is 41.4 Å². The molecular formula is C28H33N5O2. The first-order chi connectivity index (χ1) is 16.8. The fourth-order valence-electron chi connectivity index (χ4n) is 4.33. The van der Waals surface area contributed by atoms with Gasteiger partial charge in [-0.3, -0.25) is 24.5 Å². The van der Waals surface area contributed by atoms with Crippen molar-refractivity contribution in [3.05, 3.63) is 90.0 Å². The molecule has 0 aliphatic carbocycles. The summed E-state index contributed by atoms with van der Waals surface area (Å²) in [5.74, 6) is -0.375. The topological polar surface area (TPSA) is 87.2 Å². The van der Waals surface area contributed by atoms with E-state index in [4.69, 9.17) is 0 Å². The summed E-state index contributed by atoms with van der Waals surface area (Å²) in [5.41, 5.74) is 3.41. The molecule has 2 aromatic heterocycles. The van der Waals surface area contributed by atoms with Crippen molar-refractivity contribution in [2.75, 3.05) is 11.4 Å². The lowest BCUT2D eigenvalue weighted by Gasteiger charge is -2.33. The molecule has 7 nitrogen and oxygen atoms in total. The highest BCUT2D eigenvalue weighted by Crippen LogP contribution is 2.32. The molecule has 1 fully saturated rings. The largest absolute Gasteiger partial charge is 0.350 e. The molecule has 1 saturated heterocycles. The van der Waals surface area contributed by atoms with Gasteiger partial charge in [-0.15, -0.1) is 0 Å². The van der Waals surface area contributed by atoms with Crippen molar-refractivity contribution in [2.45, 2.75) is 57.7 Å². The summed E-state index contributed by atoms with van der Waals surface area (Å²) in [6.45, 7) is 7.58. The van der Waals surface area contributed by atoms with Gasteiger partial charge in [-0.1, -0.05) is 39.0 Å². The first-order valence-corrected chi connectivity index (χ1v) is 12.1. The number of carbonyl (C=O) groups is 2. The van der Waals surface area contributed by atoms with E-state index in [1.165, 1.54) is 0 Å². The van der Waals surface area contributed by atoms with Crippen molar-refractivity contribution in [3.63, 3.8) is 0 Å². The summed E-state index contributed by atoms with van der Waals surface area (Å²) in [6.07, 6.45) is 8.38. The minimum absolute atomic E-state index is 0.0228. The zero-order valence-corrected chi connectivity index (χ0v) is 20.6.